The van der Waals surface area contributed by atoms with E-state index in [-0.39, 0.29) is 6.10 Å². The van der Waals surface area contributed by atoms with Crippen LogP contribution in [0.2, 0.25) is 0 Å². The van der Waals surface area contributed by atoms with E-state index in [0.29, 0.717) is 24.6 Å². The average Bonchev–Trinajstić information content (AvgIpc) is 3.05. The number of ether oxygens (including phenoxy) is 2. The largest absolute Gasteiger partial charge is 0.450 e. The number of hydrogen-bond donors (Lipinski definition) is 1. The van der Waals surface area contributed by atoms with Crippen LogP contribution in [-0.2, 0) is 9.47 Å². The summed E-state index contributed by atoms with van der Waals surface area (Å²) in [5.41, 5.74) is 2.29. The molecule has 1 saturated heterocycles. The first-order valence-electron chi connectivity index (χ1n) is 7.30. The van der Waals surface area contributed by atoms with E-state index < -0.39 is 5.79 Å². The molecule has 0 bridgehead atoms. The monoisotopic (exact) mass is 299 g/mol. The van der Waals surface area contributed by atoms with E-state index in [1.807, 2.05) is 38.1 Å². The van der Waals surface area contributed by atoms with Gasteiger partial charge in [0.05, 0.1) is 6.61 Å². The Kier molecular flexibility index (Phi) is 3.02. The first kappa shape index (κ1) is 13.5. The molecule has 114 valence electrons. The van der Waals surface area contributed by atoms with Crippen LogP contribution in [0.5, 0.6) is 0 Å². The maximum atomic E-state index is 5.88. The zero-order valence-corrected chi connectivity index (χ0v) is 12.5. The molecule has 6 heteroatoms. The number of rotatable bonds is 3. The summed E-state index contributed by atoms with van der Waals surface area (Å²) < 4.78 is 17.2. The zero-order valence-electron chi connectivity index (χ0n) is 12.5. The predicted molar refractivity (Wildman–Crippen MR) is 82.7 cm³/mol. The van der Waals surface area contributed by atoms with Gasteiger partial charge in [-0.1, -0.05) is 12.1 Å². The summed E-state index contributed by atoms with van der Waals surface area (Å²) in [5, 5.41) is 4.27. The predicted octanol–water partition coefficient (Wildman–Crippen LogP) is 2.94. The number of nitrogens with zero attached hydrogens (tertiary/aromatic N) is 2. The Morgan fingerprint density at radius 2 is 2.14 bits per heavy atom. The summed E-state index contributed by atoms with van der Waals surface area (Å²) in [4.78, 5) is 8.62. The van der Waals surface area contributed by atoms with Crippen LogP contribution >= 0.6 is 0 Å². The molecule has 0 radical (unpaired) electrons. The van der Waals surface area contributed by atoms with Crippen molar-refractivity contribution in [2.45, 2.75) is 25.7 Å². The molecule has 22 heavy (non-hydrogen) atoms. The second-order valence-corrected chi connectivity index (χ2v) is 5.83. The van der Waals surface area contributed by atoms with Crippen LogP contribution in [0, 0.1) is 0 Å². The summed E-state index contributed by atoms with van der Waals surface area (Å²) in [6.07, 6.45) is 1.53. The van der Waals surface area contributed by atoms with Gasteiger partial charge in [-0.25, -0.2) is 9.97 Å². The Bertz CT molecular complexity index is 828. The Morgan fingerprint density at radius 1 is 1.27 bits per heavy atom. The van der Waals surface area contributed by atoms with Crippen molar-refractivity contribution in [3.05, 3.63) is 30.6 Å². The van der Waals surface area contributed by atoms with Gasteiger partial charge in [-0.05, 0) is 26.0 Å². The van der Waals surface area contributed by atoms with Crippen LogP contribution in [0.15, 0.2) is 35.0 Å². The summed E-state index contributed by atoms with van der Waals surface area (Å²) in [6.45, 7) is 4.99. The molecule has 1 fully saturated rings. The topological polar surface area (TPSA) is 69.4 Å². The van der Waals surface area contributed by atoms with E-state index in [1.165, 1.54) is 0 Å². The maximum absolute atomic E-state index is 5.88. The van der Waals surface area contributed by atoms with Gasteiger partial charge in [0.1, 0.15) is 23.5 Å². The number of hydrogen-bond acceptors (Lipinski definition) is 6. The van der Waals surface area contributed by atoms with Crippen molar-refractivity contribution in [1.29, 1.82) is 0 Å². The highest BCUT2D eigenvalue weighted by Gasteiger charge is 2.32. The van der Waals surface area contributed by atoms with Crippen molar-refractivity contribution in [1.82, 2.24) is 9.97 Å². The third-order valence-corrected chi connectivity index (χ3v) is 3.72. The number of anilines is 1. The molecule has 1 aromatic carbocycles. The highest BCUT2D eigenvalue weighted by atomic mass is 16.7. The van der Waals surface area contributed by atoms with E-state index in [0.717, 1.165) is 16.5 Å². The van der Waals surface area contributed by atoms with Gasteiger partial charge < -0.3 is 19.2 Å². The lowest BCUT2D eigenvalue weighted by atomic mass is 10.2. The highest BCUT2D eigenvalue weighted by Crippen LogP contribution is 2.30. The molecule has 0 unspecified atom stereocenters. The number of nitrogens with one attached hydrogen (secondary N) is 1. The molecular weight excluding hydrogens is 282 g/mol. The summed E-state index contributed by atoms with van der Waals surface area (Å²) in [6, 6.07) is 7.83. The molecule has 0 saturated carbocycles. The highest BCUT2D eigenvalue weighted by molar-refractivity contribution is 6.05. The van der Waals surface area contributed by atoms with Crippen LogP contribution in [0.4, 0.5) is 5.82 Å². The SMILES string of the molecule is CC1(C)OC[C@@H](CNc2ncnc3c2oc2ccccc23)O1. The summed E-state index contributed by atoms with van der Waals surface area (Å²) >= 11 is 0. The fraction of sp³-hybridized carbons (Fsp3) is 0.375. The van der Waals surface area contributed by atoms with Crippen molar-refractivity contribution < 1.29 is 13.9 Å². The van der Waals surface area contributed by atoms with Crippen LogP contribution in [0.1, 0.15) is 13.8 Å². The molecule has 0 spiro atoms. The lowest BCUT2D eigenvalue weighted by molar-refractivity contribution is -0.136. The molecule has 2 aromatic heterocycles. The lowest BCUT2D eigenvalue weighted by Gasteiger charge is -2.17. The van der Waals surface area contributed by atoms with Gasteiger partial charge in [-0.3, -0.25) is 0 Å². The van der Waals surface area contributed by atoms with E-state index >= 15 is 0 Å². The normalized spacial score (nSPS) is 20.7. The van der Waals surface area contributed by atoms with E-state index in [4.69, 9.17) is 13.9 Å². The molecule has 1 aliphatic rings. The molecule has 0 aliphatic carbocycles. The smallest absolute Gasteiger partial charge is 0.196 e. The lowest BCUT2D eigenvalue weighted by Crippen LogP contribution is -2.26. The fourth-order valence-electron chi connectivity index (χ4n) is 2.72. The summed E-state index contributed by atoms with van der Waals surface area (Å²) in [7, 11) is 0. The maximum Gasteiger partial charge on any atom is 0.196 e. The molecule has 6 nitrogen and oxygen atoms in total. The molecule has 1 atom stereocenters. The Balaban J connectivity index is 1.62. The molecule has 3 aromatic rings. The zero-order chi connectivity index (χ0) is 15.2. The van der Waals surface area contributed by atoms with Gasteiger partial charge in [0.2, 0.25) is 0 Å². The molecule has 0 amide bonds. The minimum absolute atomic E-state index is 0.00982. The Morgan fingerprint density at radius 3 is 2.95 bits per heavy atom. The number of fused-ring (bicyclic) bond motifs is 3. The Hall–Kier alpha value is -2.18. The van der Waals surface area contributed by atoms with Crippen molar-refractivity contribution >= 4 is 27.9 Å². The number of para-hydroxylation sites is 1. The second kappa shape index (κ2) is 4.93. The van der Waals surface area contributed by atoms with Crippen molar-refractivity contribution in [2.24, 2.45) is 0 Å². The first-order valence-corrected chi connectivity index (χ1v) is 7.30. The molecule has 3 heterocycles. The molecular formula is C16H17N3O3. The van der Waals surface area contributed by atoms with Crippen LogP contribution < -0.4 is 5.32 Å². The van der Waals surface area contributed by atoms with Crippen LogP contribution in [0.3, 0.4) is 0 Å². The van der Waals surface area contributed by atoms with Gasteiger partial charge in [0, 0.05) is 11.9 Å². The number of aromatic nitrogens is 2. The fourth-order valence-corrected chi connectivity index (χ4v) is 2.72. The first-order chi connectivity index (χ1) is 10.6. The molecule has 1 N–H and O–H groups in total. The second-order valence-electron chi connectivity index (χ2n) is 5.83. The minimum atomic E-state index is -0.521. The average molecular weight is 299 g/mol. The van der Waals surface area contributed by atoms with Gasteiger partial charge in [0.15, 0.2) is 17.2 Å². The number of benzene rings is 1. The minimum Gasteiger partial charge on any atom is -0.450 e. The van der Waals surface area contributed by atoms with Crippen molar-refractivity contribution in [3.8, 4) is 0 Å². The van der Waals surface area contributed by atoms with E-state index in [1.54, 1.807) is 6.33 Å². The quantitative estimate of drug-likeness (QED) is 0.802. The van der Waals surface area contributed by atoms with Crippen LogP contribution in [-0.4, -0.2) is 35.0 Å². The van der Waals surface area contributed by atoms with Crippen molar-refractivity contribution in [2.75, 3.05) is 18.5 Å². The van der Waals surface area contributed by atoms with Gasteiger partial charge >= 0.3 is 0 Å². The van der Waals surface area contributed by atoms with Crippen molar-refractivity contribution in [3.63, 3.8) is 0 Å². The standard InChI is InChI=1S/C16H17N3O3/c1-16(2)20-8-10(22-16)7-17-15-14-13(18-9-19-15)11-5-3-4-6-12(11)21-14/h3-6,9-10H,7-8H2,1-2H3,(H,17,18,19)/t10-/m1/s1. The van der Waals surface area contributed by atoms with E-state index in [2.05, 4.69) is 15.3 Å². The van der Waals surface area contributed by atoms with Gasteiger partial charge in [-0.2, -0.15) is 0 Å². The number of furan rings is 1. The van der Waals surface area contributed by atoms with Crippen LogP contribution in [0.25, 0.3) is 22.1 Å². The third-order valence-electron chi connectivity index (χ3n) is 3.72. The van der Waals surface area contributed by atoms with Gasteiger partial charge in [0.25, 0.3) is 0 Å². The molecule has 1 aliphatic heterocycles. The van der Waals surface area contributed by atoms with E-state index in [9.17, 15) is 0 Å². The van der Waals surface area contributed by atoms with Gasteiger partial charge in [-0.15, -0.1) is 0 Å². The summed E-state index contributed by atoms with van der Waals surface area (Å²) in [5.74, 6) is 0.154. The molecule has 4 rings (SSSR count). The third kappa shape index (κ3) is 2.30. The Labute approximate surface area is 127 Å².